The second kappa shape index (κ2) is 26.8. The standard InChI is InChI=1S/C38H61N6O6P/c1-2-3-4-5-6-7-8-9-10-11-12-13-14-15-16-17-25-46-27-33(50-37-20-18-19-31(26-39)43-37)29-48-51(45)47-28-32-21-24-36(49-32)34-22-23-35(44-34)38(41)42-30-40/h18-20,22-23,30,32-33,36,44-45H,2-17,21,24-25,27-29H2,1H3,(H3,40,41,42). The molecule has 0 saturated carbocycles. The van der Waals surface area contributed by atoms with Gasteiger partial charge in [-0.25, -0.2) is 9.98 Å². The Kier molecular flexibility index (Phi) is 22.3. The molecule has 4 unspecified atom stereocenters. The highest BCUT2D eigenvalue weighted by Crippen LogP contribution is 2.37. The number of amidine groups is 1. The number of nitriles is 1. The van der Waals surface area contributed by atoms with Crippen LogP contribution in [0.5, 0.6) is 5.88 Å². The van der Waals surface area contributed by atoms with Gasteiger partial charge in [0.2, 0.25) is 5.88 Å². The molecular weight excluding hydrogens is 667 g/mol. The lowest BCUT2D eigenvalue weighted by Crippen LogP contribution is -2.29. The molecule has 13 heteroatoms. The van der Waals surface area contributed by atoms with Crippen molar-refractivity contribution in [1.29, 1.82) is 10.7 Å². The topological polar surface area (TPSA) is 181 Å². The molecule has 12 nitrogen and oxygen atoms in total. The minimum Gasteiger partial charge on any atom is -0.469 e. The molecule has 51 heavy (non-hydrogen) atoms. The molecule has 4 atom stereocenters. The fourth-order valence-electron chi connectivity index (χ4n) is 6.07. The summed E-state index contributed by atoms with van der Waals surface area (Å²) in [6.45, 7) is 3.34. The quantitative estimate of drug-likeness (QED) is 0.0264. The van der Waals surface area contributed by atoms with E-state index in [4.69, 9.17) is 34.4 Å². The Balaban J connectivity index is 1.27. The number of H-pyrrole nitrogens is 1. The lowest BCUT2D eigenvalue weighted by atomic mass is 10.0. The number of nitrogens with two attached hydrogens (primary N) is 1. The molecule has 0 aromatic carbocycles. The molecule has 1 fully saturated rings. The van der Waals surface area contributed by atoms with E-state index in [9.17, 15) is 10.2 Å². The number of nitrogens with zero attached hydrogens (tertiary/aromatic N) is 3. The van der Waals surface area contributed by atoms with Gasteiger partial charge in [-0.2, -0.15) is 5.26 Å². The van der Waals surface area contributed by atoms with Gasteiger partial charge in [-0.15, -0.1) is 0 Å². The van der Waals surface area contributed by atoms with Crippen molar-refractivity contribution in [2.24, 2.45) is 10.7 Å². The molecule has 1 aliphatic heterocycles. The first-order chi connectivity index (χ1) is 25.0. The van der Waals surface area contributed by atoms with Crippen LogP contribution in [0.4, 0.5) is 0 Å². The summed E-state index contributed by atoms with van der Waals surface area (Å²) in [5.41, 5.74) is 7.60. The van der Waals surface area contributed by atoms with Crippen molar-refractivity contribution in [3.63, 3.8) is 0 Å². The third-order valence-electron chi connectivity index (χ3n) is 8.96. The predicted octanol–water partition coefficient (Wildman–Crippen LogP) is 8.79. The second-order valence-electron chi connectivity index (χ2n) is 13.2. The summed E-state index contributed by atoms with van der Waals surface area (Å²) < 4.78 is 29.3. The molecule has 0 aliphatic carbocycles. The minimum absolute atomic E-state index is 0.0255. The van der Waals surface area contributed by atoms with Gasteiger partial charge in [-0.3, -0.25) is 5.41 Å². The van der Waals surface area contributed by atoms with Crippen molar-refractivity contribution >= 4 is 20.8 Å². The Bertz CT molecular complexity index is 1290. The van der Waals surface area contributed by atoms with Crippen LogP contribution in [0.15, 0.2) is 35.3 Å². The molecule has 1 saturated heterocycles. The molecule has 0 radical (unpaired) electrons. The Morgan fingerprint density at radius 2 is 1.67 bits per heavy atom. The first-order valence-electron chi connectivity index (χ1n) is 19.1. The van der Waals surface area contributed by atoms with Crippen molar-refractivity contribution in [2.75, 3.05) is 26.4 Å². The largest absolute Gasteiger partial charge is 0.469 e. The van der Waals surface area contributed by atoms with Gasteiger partial charge in [0.1, 0.15) is 30.0 Å². The molecule has 284 valence electrons. The molecule has 3 heterocycles. The fraction of sp³-hybridized carbons (Fsp3) is 0.684. The molecule has 5 N–H and O–H groups in total. The van der Waals surface area contributed by atoms with Crippen molar-refractivity contribution < 1.29 is 28.2 Å². The van der Waals surface area contributed by atoms with Crippen LogP contribution in [0.3, 0.4) is 0 Å². The molecule has 2 aromatic heterocycles. The number of aliphatic imine (C=N–C) groups is 1. The SMILES string of the molecule is CCCCCCCCCCCCCCCCCCOCC(COP(O)OCC1CCC(c2ccc(C(N)=NC=N)[nH]2)O1)Oc1cccc(C#N)n1. The first-order valence-corrected chi connectivity index (χ1v) is 20.2. The van der Waals surface area contributed by atoms with Gasteiger partial charge >= 0.3 is 8.60 Å². The highest BCUT2D eigenvalue weighted by Gasteiger charge is 2.29. The zero-order valence-corrected chi connectivity index (χ0v) is 31.5. The number of aromatic nitrogens is 2. The minimum atomic E-state index is -2.18. The number of hydrogen-bond acceptors (Lipinski definition) is 9. The summed E-state index contributed by atoms with van der Waals surface area (Å²) in [6.07, 6.45) is 22.6. The Morgan fingerprint density at radius 1 is 1.00 bits per heavy atom. The maximum Gasteiger partial charge on any atom is 0.330 e. The summed E-state index contributed by atoms with van der Waals surface area (Å²) >= 11 is 0. The Morgan fingerprint density at radius 3 is 2.31 bits per heavy atom. The maximum absolute atomic E-state index is 10.5. The van der Waals surface area contributed by atoms with Gasteiger partial charge in [-0.05, 0) is 37.5 Å². The van der Waals surface area contributed by atoms with Gasteiger partial charge in [0.25, 0.3) is 0 Å². The summed E-state index contributed by atoms with van der Waals surface area (Å²) in [7, 11) is -2.18. The van der Waals surface area contributed by atoms with E-state index >= 15 is 0 Å². The summed E-state index contributed by atoms with van der Waals surface area (Å²) in [4.78, 5) is 21.7. The van der Waals surface area contributed by atoms with Gasteiger partial charge in [0.05, 0.1) is 37.7 Å². The van der Waals surface area contributed by atoms with E-state index in [0.717, 1.165) is 37.7 Å². The Labute approximate surface area is 306 Å². The van der Waals surface area contributed by atoms with Crippen molar-refractivity contribution in [2.45, 2.75) is 141 Å². The summed E-state index contributed by atoms with van der Waals surface area (Å²) in [5, 5.41) is 16.3. The number of aromatic amines is 1. The fourth-order valence-corrected chi connectivity index (χ4v) is 6.74. The van der Waals surface area contributed by atoms with Crippen LogP contribution in [0.2, 0.25) is 0 Å². The number of unbranched alkanes of at least 4 members (excludes halogenated alkanes) is 15. The summed E-state index contributed by atoms with van der Waals surface area (Å²) in [5.74, 6) is 0.527. The third kappa shape index (κ3) is 18.4. The van der Waals surface area contributed by atoms with E-state index in [-0.39, 0.29) is 43.6 Å². The molecule has 0 amide bonds. The van der Waals surface area contributed by atoms with Crippen LogP contribution in [0.1, 0.15) is 146 Å². The van der Waals surface area contributed by atoms with E-state index in [2.05, 4.69) is 21.9 Å². The zero-order chi connectivity index (χ0) is 36.4. The number of pyridine rings is 1. The van der Waals surface area contributed by atoms with Gasteiger partial charge in [0, 0.05) is 18.4 Å². The third-order valence-corrected chi connectivity index (χ3v) is 9.70. The van der Waals surface area contributed by atoms with Crippen molar-refractivity contribution in [3.05, 3.63) is 47.4 Å². The maximum atomic E-state index is 10.5. The van der Waals surface area contributed by atoms with E-state index in [1.54, 1.807) is 24.3 Å². The molecule has 2 aromatic rings. The van der Waals surface area contributed by atoms with Crippen LogP contribution in [0, 0.1) is 16.7 Å². The van der Waals surface area contributed by atoms with Gasteiger partial charge in [-0.1, -0.05) is 109 Å². The van der Waals surface area contributed by atoms with Crippen LogP contribution in [-0.2, 0) is 18.5 Å². The molecule has 0 spiro atoms. The van der Waals surface area contributed by atoms with Crippen LogP contribution in [0.25, 0.3) is 0 Å². The first kappa shape index (κ1) is 42.5. The Hall–Kier alpha value is -2.91. The van der Waals surface area contributed by atoms with E-state index < -0.39 is 14.7 Å². The van der Waals surface area contributed by atoms with E-state index in [1.165, 1.54) is 89.9 Å². The van der Waals surface area contributed by atoms with Crippen molar-refractivity contribution in [3.8, 4) is 11.9 Å². The average Bonchev–Trinajstić information content (AvgIpc) is 3.83. The predicted molar refractivity (Wildman–Crippen MR) is 202 cm³/mol. The van der Waals surface area contributed by atoms with Crippen molar-refractivity contribution in [1.82, 2.24) is 9.97 Å². The number of ether oxygens (including phenoxy) is 3. The van der Waals surface area contributed by atoms with Crippen LogP contribution >= 0.6 is 8.60 Å². The average molecular weight is 729 g/mol. The molecule has 3 rings (SSSR count). The number of hydrogen-bond donors (Lipinski definition) is 4. The zero-order valence-electron chi connectivity index (χ0n) is 30.6. The monoisotopic (exact) mass is 728 g/mol. The summed E-state index contributed by atoms with van der Waals surface area (Å²) in [6, 6.07) is 10.7. The lowest BCUT2D eigenvalue weighted by Gasteiger charge is -2.21. The normalized spacial score (nSPS) is 17.3. The molecular formula is C38H61N6O6P. The lowest BCUT2D eigenvalue weighted by molar-refractivity contribution is 0.00179. The number of nitrogens with one attached hydrogen (secondary N) is 2. The second-order valence-corrected chi connectivity index (χ2v) is 14.2. The number of rotatable bonds is 30. The van der Waals surface area contributed by atoms with Gasteiger partial charge in [0.15, 0.2) is 0 Å². The van der Waals surface area contributed by atoms with Crippen LogP contribution < -0.4 is 10.5 Å². The smallest absolute Gasteiger partial charge is 0.330 e. The molecule has 0 bridgehead atoms. The van der Waals surface area contributed by atoms with Gasteiger partial charge < -0.3 is 38.9 Å². The van der Waals surface area contributed by atoms with Crippen LogP contribution in [-0.4, -0.2) is 65.7 Å². The highest BCUT2D eigenvalue weighted by molar-refractivity contribution is 7.40. The molecule has 1 aliphatic rings. The highest BCUT2D eigenvalue weighted by atomic mass is 31.2. The van der Waals surface area contributed by atoms with E-state index in [1.807, 2.05) is 12.1 Å². The van der Waals surface area contributed by atoms with E-state index in [0.29, 0.717) is 18.2 Å².